The van der Waals surface area contributed by atoms with Gasteiger partial charge in [-0.1, -0.05) is 0 Å². The van der Waals surface area contributed by atoms with Gasteiger partial charge in [-0.05, 0) is 23.9 Å². The lowest BCUT2D eigenvalue weighted by molar-refractivity contribution is -0.140. The highest BCUT2D eigenvalue weighted by molar-refractivity contribution is 7.99. The summed E-state index contributed by atoms with van der Waals surface area (Å²) in [6.45, 7) is 0. The van der Waals surface area contributed by atoms with Crippen LogP contribution in [0.5, 0.6) is 0 Å². The van der Waals surface area contributed by atoms with Gasteiger partial charge in [0.1, 0.15) is 5.25 Å². The molecule has 0 aliphatic heterocycles. The molecule has 0 saturated carbocycles. The molecule has 0 spiro atoms. The van der Waals surface area contributed by atoms with E-state index in [0.29, 0.717) is 5.69 Å². The lowest BCUT2D eigenvalue weighted by Gasteiger charge is -2.10. The quantitative estimate of drug-likeness (QED) is 0.587. The van der Waals surface area contributed by atoms with E-state index >= 15 is 0 Å². The first-order valence-electron chi connectivity index (χ1n) is 3.78. The number of hydrogen-bond acceptors (Lipinski definition) is 5. The first kappa shape index (κ1) is 11.3. The standard InChI is InChI=1S/C8H9ClN2O2S/c1-13-7(12)6(14-2)5-3-4-10-8(9)11-5/h3-4,6H,1-2H3. The number of aromatic nitrogens is 2. The van der Waals surface area contributed by atoms with Gasteiger partial charge in [-0.15, -0.1) is 11.8 Å². The van der Waals surface area contributed by atoms with Crippen LogP contribution in [0.2, 0.25) is 5.28 Å². The minimum Gasteiger partial charge on any atom is -0.468 e. The van der Waals surface area contributed by atoms with Crippen molar-refractivity contribution in [1.82, 2.24) is 9.97 Å². The summed E-state index contributed by atoms with van der Waals surface area (Å²) in [5, 5.41) is -0.314. The Morgan fingerprint density at radius 3 is 2.93 bits per heavy atom. The van der Waals surface area contributed by atoms with E-state index in [2.05, 4.69) is 14.7 Å². The second kappa shape index (κ2) is 5.17. The van der Waals surface area contributed by atoms with Crippen molar-refractivity contribution in [2.45, 2.75) is 5.25 Å². The molecule has 0 fully saturated rings. The topological polar surface area (TPSA) is 52.1 Å². The Bertz CT molecular complexity index is 335. The number of halogens is 1. The summed E-state index contributed by atoms with van der Waals surface area (Å²) in [7, 11) is 1.34. The Kier molecular flexibility index (Phi) is 4.16. The second-order valence-electron chi connectivity index (χ2n) is 2.39. The Labute approximate surface area is 91.0 Å². The summed E-state index contributed by atoms with van der Waals surface area (Å²) in [5.74, 6) is -0.340. The molecule has 1 aromatic heterocycles. The van der Waals surface area contributed by atoms with Gasteiger partial charge in [-0.3, -0.25) is 4.79 Å². The number of esters is 1. The molecule has 1 heterocycles. The lowest BCUT2D eigenvalue weighted by atomic mass is 10.3. The molecule has 0 N–H and O–H groups in total. The third-order valence-corrected chi connectivity index (χ3v) is 2.65. The second-order valence-corrected chi connectivity index (χ2v) is 3.67. The molecule has 76 valence electrons. The molecule has 0 bridgehead atoms. The molecule has 0 saturated heterocycles. The zero-order valence-electron chi connectivity index (χ0n) is 7.73. The van der Waals surface area contributed by atoms with Crippen LogP contribution in [0, 0.1) is 0 Å². The Morgan fingerprint density at radius 2 is 2.43 bits per heavy atom. The first-order chi connectivity index (χ1) is 6.69. The molecular weight excluding hydrogens is 224 g/mol. The van der Waals surface area contributed by atoms with E-state index < -0.39 is 5.25 Å². The van der Waals surface area contributed by atoms with Crippen LogP contribution >= 0.6 is 23.4 Å². The van der Waals surface area contributed by atoms with Crippen molar-refractivity contribution in [3.8, 4) is 0 Å². The number of rotatable bonds is 3. The predicted octanol–water partition coefficient (Wildman–Crippen LogP) is 1.71. The van der Waals surface area contributed by atoms with Gasteiger partial charge in [-0.25, -0.2) is 9.97 Å². The van der Waals surface area contributed by atoms with Crippen LogP contribution in [-0.4, -0.2) is 29.3 Å². The number of thioether (sulfide) groups is 1. The summed E-state index contributed by atoms with van der Waals surface area (Å²) >= 11 is 6.95. The van der Waals surface area contributed by atoms with Crippen LogP contribution < -0.4 is 0 Å². The highest BCUT2D eigenvalue weighted by Gasteiger charge is 2.21. The maximum Gasteiger partial charge on any atom is 0.324 e. The van der Waals surface area contributed by atoms with Gasteiger partial charge in [0.2, 0.25) is 5.28 Å². The van der Waals surface area contributed by atoms with E-state index in [1.807, 2.05) is 0 Å². The van der Waals surface area contributed by atoms with Gasteiger partial charge < -0.3 is 4.74 Å². The van der Waals surface area contributed by atoms with Gasteiger partial charge in [0.05, 0.1) is 12.8 Å². The summed E-state index contributed by atoms with van der Waals surface area (Å²) < 4.78 is 4.63. The zero-order chi connectivity index (χ0) is 10.6. The number of methoxy groups -OCH3 is 1. The molecule has 1 aromatic rings. The van der Waals surface area contributed by atoms with E-state index in [9.17, 15) is 4.79 Å². The average Bonchev–Trinajstić information content (AvgIpc) is 2.19. The summed E-state index contributed by atoms with van der Waals surface area (Å²) in [6.07, 6.45) is 3.31. The van der Waals surface area contributed by atoms with Crippen molar-refractivity contribution < 1.29 is 9.53 Å². The fraction of sp³-hybridized carbons (Fsp3) is 0.375. The zero-order valence-corrected chi connectivity index (χ0v) is 9.30. The minimum absolute atomic E-state index is 0.130. The molecule has 6 heteroatoms. The number of carbonyl (C=O) groups is 1. The molecule has 0 aliphatic rings. The van der Waals surface area contributed by atoms with Crippen LogP contribution in [0.15, 0.2) is 12.3 Å². The largest absolute Gasteiger partial charge is 0.468 e. The number of ether oxygens (including phenoxy) is 1. The van der Waals surface area contributed by atoms with Crippen LogP contribution in [0.1, 0.15) is 10.9 Å². The van der Waals surface area contributed by atoms with Crippen LogP contribution in [-0.2, 0) is 9.53 Å². The summed E-state index contributed by atoms with van der Waals surface area (Å²) in [4.78, 5) is 19.0. The molecule has 1 atom stereocenters. The van der Waals surface area contributed by atoms with Crippen LogP contribution in [0.4, 0.5) is 0 Å². The molecule has 0 radical (unpaired) electrons. The van der Waals surface area contributed by atoms with Crippen LogP contribution in [0.3, 0.4) is 0 Å². The highest BCUT2D eigenvalue weighted by Crippen LogP contribution is 2.26. The normalized spacial score (nSPS) is 12.2. The summed E-state index contributed by atoms with van der Waals surface area (Å²) in [5.41, 5.74) is 0.560. The van der Waals surface area contributed by atoms with Crippen molar-refractivity contribution in [1.29, 1.82) is 0 Å². The first-order valence-corrected chi connectivity index (χ1v) is 5.44. The van der Waals surface area contributed by atoms with Crippen molar-refractivity contribution in [3.05, 3.63) is 23.2 Å². The highest BCUT2D eigenvalue weighted by atomic mass is 35.5. The van der Waals surface area contributed by atoms with Gasteiger partial charge in [-0.2, -0.15) is 0 Å². The molecule has 1 unspecified atom stereocenters. The van der Waals surface area contributed by atoms with Gasteiger partial charge in [0.15, 0.2) is 0 Å². The van der Waals surface area contributed by atoms with Crippen molar-refractivity contribution >= 4 is 29.3 Å². The molecule has 0 amide bonds. The predicted molar refractivity (Wildman–Crippen MR) is 55.3 cm³/mol. The monoisotopic (exact) mass is 232 g/mol. The van der Waals surface area contributed by atoms with Crippen molar-refractivity contribution in [2.24, 2.45) is 0 Å². The Morgan fingerprint density at radius 1 is 1.71 bits per heavy atom. The minimum atomic E-state index is -0.444. The molecule has 0 aromatic carbocycles. The maximum absolute atomic E-state index is 11.3. The molecule has 0 aliphatic carbocycles. The van der Waals surface area contributed by atoms with Gasteiger partial charge in [0.25, 0.3) is 0 Å². The van der Waals surface area contributed by atoms with Gasteiger partial charge in [0, 0.05) is 6.20 Å². The number of hydrogen-bond donors (Lipinski definition) is 0. The lowest BCUT2D eigenvalue weighted by Crippen LogP contribution is -2.12. The fourth-order valence-electron chi connectivity index (χ4n) is 0.939. The van der Waals surface area contributed by atoms with Crippen molar-refractivity contribution in [2.75, 3.05) is 13.4 Å². The fourth-order valence-corrected chi connectivity index (χ4v) is 1.75. The Balaban J connectivity index is 2.94. The van der Waals surface area contributed by atoms with E-state index in [4.69, 9.17) is 11.6 Å². The molecule has 4 nitrogen and oxygen atoms in total. The maximum atomic E-state index is 11.3. The number of nitrogens with zero attached hydrogens (tertiary/aromatic N) is 2. The van der Waals surface area contributed by atoms with E-state index in [-0.39, 0.29) is 11.3 Å². The SMILES string of the molecule is COC(=O)C(SC)c1ccnc(Cl)n1. The Hall–Kier alpha value is -0.810. The third kappa shape index (κ3) is 2.59. The van der Waals surface area contributed by atoms with E-state index in [0.717, 1.165) is 0 Å². The summed E-state index contributed by atoms with van der Waals surface area (Å²) in [6, 6.07) is 1.64. The third-order valence-electron chi connectivity index (χ3n) is 1.57. The van der Waals surface area contributed by atoms with Crippen molar-refractivity contribution in [3.63, 3.8) is 0 Å². The number of carbonyl (C=O) groups excluding carboxylic acids is 1. The molecule has 14 heavy (non-hydrogen) atoms. The van der Waals surface area contributed by atoms with E-state index in [1.165, 1.54) is 25.1 Å². The average molecular weight is 233 g/mol. The van der Waals surface area contributed by atoms with Crippen LogP contribution in [0.25, 0.3) is 0 Å². The molecular formula is C8H9ClN2O2S. The smallest absolute Gasteiger partial charge is 0.324 e. The van der Waals surface area contributed by atoms with Gasteiger partial charge >= 0.3 is 5.97 Å². The van der Waals surface area contributed by atoms with E-state index in [1.54, 1.807) is 12.3 Å². The molecule has 1 rings (SSSR count).